The van der Waals surface area contributed by atoms with Crippen molar-refractivity contribution >= 4 is 29.3 Å². The Morgan fingerprint density at radius 2 is 1.93 bits per heavy atom. The first kappa shape index (κ1) is 20.4. The Kier molecular flexibility index (Phi) is 6.39. The van der Waals surface area contributed by atoms with Crippen LogP contribution in [0.4, 0.5) is 5.69 Å². The molecule has 1 atom stereocenters. The van der Waals surface area contributed by atoms with Crippen LogP contribution in [0, 0.1) is 13.8 Å². The molecule has 1 aromatic carbocycles. The molecule has 0 aliphatic heterocycles. The van der Waals surface area contributed by atoms with E-state index in [1.165, 1.54) is 11.8 Å². The van der Waals surface area contributed by atoms with E-state index in [4.69, 9.17) is 0 Å². The van der Waals surface area contributed by atoms with E-state index in [1.54, 1.807) is 0 Å². The highest BCUT2D eigenvalue weighted by molar-refractivity contribution is 8.00. The number of benzene rings is 1. The zero-order chi connectivity index (χ0) is 20.3. The molecule has 28 heavy (non-hydrogen) atoms. The Bertz CT molecular complexity index is 855. The number of carbonyl (C=O) groups excluding carboxylic acids is 2. The van der Waals surface area contributed by atoms with Gasteiger partial charge >= 0.3 is 0 Å². The molecular weight excluding hydrogens is 374 g/mol. The van der Waals surface area contributed by atoms with Gasteiger partial charge in [0.25, 0.3) is 0 Å². The second-order valence-corrected chi connectivity index (χ2v) is 8.46. The maximum Gasteiger partial charge on any atom is 0.243 e. The molecule has 1 aliphatic carbocycles. The van der Waals surface area contributed by atoms with Crippen molar-refractivity contribution in [2.45, 2.75) is 63.4 Å². The van der Waals surface area contributed by atoms with Crippen LogP contribution in [0.1, 0.15) is 49.6 Å². The average Bonchev–Trinajstić information content (AvgIpc) is 3.43. The molecule has 7 nitrogen and oxygen atoms in total. The maximum atomic E-state index is 12.4. The summed E-state index contributed by atoms with van der Waals surface area (Å²) >= 11 is 1.38. The summed E-state index contributed by atoms with van der Waals surface area (Å²) in [6, 6.07) is 5.84. The van der Waals surface area contributed by atoms with Crippen LogP contribution in [-0.4, -0.2) is 38.4 Å². The van der Waals surface area contributed by atoms with Crippen LogP contribution >= 0.6 is 11.8 Å². The number of anilines is 1. The lowest BCUT2D eigenvalue weighted by Crippen LogP contribution is -2.37. The minimum Gasteiger partial charge on any atom is -0.346 e. The van der Waals surface area contributed by atoms with Gasteiger partial charge in [-0.1, -0.05) is 30.0 Å². The number of para-hydroxylation sites is 1. The predicted octanol–water partition coefficient (Wildman–Crippen LogP) is 3.03. The molecule has 1 aliphatic rings. The van der Waals surface area contributed by atoms with Crippen molar-refractivity contribution in [2.75, 3.05) is 11.9 Å². The summed E-state index contributed by atoms with van der Waals surface area (Å²) in [5, 5.41) is 14.5. The number of nitrogens with zero attached hydrogens (tertiary/aromatic N) is 3. The van der Waals surface area contributed by atoms with E-state index >= 15 is 0 Å². The van der Waals surface area contributed by atoms with Crippen LogP contribution < -0.4 is 10.6 Å². The Morgan fingerprint density at radius 3 is 2.54 bits per heavy atom. The Balaban J connectivity index is 1.52. The Labute approximate surface area is 169 Å². The van der Waals surface area contributed by atoms with Gasteiger partial charge in [0.15, 0.2) is 5.16 Å². The standard InChI is InChI=1S/C20H27N5O2S/c1-5-25-18(15-9-10-15)23-24-20(25)28-14(4)19(27)21-11-16(26)22-17-12(2)7-6-8-13(17)3/h6-8,14-15H,5,9-11H2,1-4H3,(H,21,27)(H,22,26)/t14-/m1/s1. The molecule has 0 bridgehead atoms. The number of aromatic nitrogens is 3. The summed E-state index contributed by atoms with van der Waals surface area (Å²) in [5.41, 5.74) is 2.79. The molecule has 1 heterocycles. The van der Waals surface area contributed by atoms with E-state index in [2.05, 4.69) is 32.3 Å². The molecule has 1 fully saturated rings. The maximum absolute atomic E-state index is 12.4. The fourth-order valence-corrected chi connectivity index (χ4v) is 3.99. The lowest BCUT2D eigenvalue weighted by Gasteiger charge is -2.14. The first-order valence-corrected chi connectivity index (χ1v) is 10.5. The van der Waals surface area contributed by atoms with Crippen molar-refractivity contribution in [2.24, 2.45) is 0 Å². The van der Waals surface area contributed by atoms with Crippen LogP contribution in [0.25, 0.3) is 0 Å². The predicted molar refractivity (Wildman–Crippen MR) is 111 cm³/mol. The summed E-state index contributed by atoms with van der Waals surface area (Å²) < 4.78 is 2.08. The van der Waals surface area contributed by atoms with Crippen molar-refractivity contribution in [3.63, 3.8) is 0 Å². The summed E-state index contributed by atoms with van der Waals surface area (Å²) in [6.45, 7) is 8.48. The second kappa shape index (κ2) is 8.77. The molecule has 2 amide bonds. The van der Waals surface area contributed by atoms with Gasteiger partial charge in [-0.2, -0.15) is 0 Å². The average molecular weight is 402 g/mol. The highest BCUT2D eigenvalue weighted by Crippen LogP contribution is 2.40. The van der Waals surface area contributed by atoms with Crippen LogP contribution in [0.5, 0.6) is 0 Å². The van der Waals surface area contributed by atoms with Crippen LogP contribution in [0.15, 0.2) is 23.4 Å². The number of carbonyl (C=O) groups is 2. The molecular formula is C20H27N5O2S. The van der Waals surface area contributed by atoms with Gasteiger partial charge in [-0.05, 0) is 51.7 Å². The minimum absolute atomic E-state index is 0.0642. The van der Waals surface area contributed by atoms with E-state index in [9.17, 15) is 9.59 Å². The molecule has 1 saturated carbocycles. The quantitative estimate of drug-likeness (QED) is 0.664. The highest BCUT2D eigenvalue weighted by Gasteiger charge is 2.30. The van der Waals surface area contributed by atoms with Crippen molar-refractivity contribution in [3.8, 4) is 0 Å². The molecule has 0 radical (unpaired) electrons. The third-order valence-electron chi connectivity index (χ3n) is 4.82. The topological polar surface area (TPSA) is 88.9 Å². The van der Waals surface area contributed by atoms with Crippen molar-refractivity contribution < 1.29 is 9.59 Å². The molecule has 2 N–H and O–H groups in total. The molecule has 8 heteroatoms. The number of aryl methyl sites for hydroxylation is 2. The van der Waals surface area contributed by atoms with Gasteiger partial charge in [0, 0.05) is 18.2 Å². The third kappa shape index (κ3) is 4.73. The first-order valence-electron chi connectivity index (χ1n) is 9.64. The Morgan fingerprint density at radius 1 is 1.25 bits per heavy atom. The van der Waals surface area contributed by atoms with E-state index in [-0.39, 0.29) is 23.6 Å². The van der Waals surface area contributed by atoms with Crippen LogP contribution in [0.3, 0.4) is 0 Å². The molecule has 0 saturated heterocycles. The van der Waals surface area contributed by atoms with Gasteiger partial charge < -0.3 is 15.2 Å². The Hall–Kier alpha value is -2.35. The largest absolute Gasteiger partial charge is 0.346 e. The van der Waals surface area contributed by atoms with Crippen LogP contribution in [-0.2, 0) is 16.1 Å². The van der Waals surface area contributed by atoms with E-state index in [0.29, 0.717) is 5.92 Å². The zero-order valence-corrected chi connectivity index (χ0v) is 17.6. The van der Waals surface area contributed by atoms with Gasteiger partial charge in [0.1, 0.15) is 5.82 Å². The number of rotatable bonds is 8. The van der Waals surface area contributed by atoms with E-state index in [0.717, 1.165) is 47.2 Å². The lowest BCUT2D eigenvalue weighted by molar-refractivity contribution is -0.123. The van der Waals surface area contributed by atoms with Gasteiger partial charge in [-0.3, -0.25) is 9.59 Å². The highest BCUT2D eigenvalue weighted by atomic mass is 32.2. The monoisotopic (exact) mass is 401 g/mol. The third-order valence-corrected chi connectivity index (χ3v) is 5.90. The number of amides is 2. The van der Waals surface area contributed by atoms with Crippen LogP contribution in [0.2, 0.25) is 0 Å². The molecule has 0 unspecified atom stereocenters. The summed E-state index contributed by atoms with van der Waals surface area (Å²) in [7, 11) is 0. The number of nitrogens with one attached hydrogen (secondary N) is 2. The second-order valence-electron chi connectivity index (χ2n) is 7.15. The van der Waals surface area contributed by atoms with Gasteiger partial charge in [-0.15, -0.1) is 10.2 Å². The van der Waals surface area contributed by atoms with Crippen molar-refractivity contribution in [1.29, 1.82) is 0 Å². The van der Waals surface area contributed by atoms with Gasteiger partial charge in [0.2, 0.25) is 11.8 Å². The SMILES string of the molecule is CCn1c(S[C@H](C)C(=O)NCC(=O)Nc2c(C)cccc2C)nnc1C1CC1. The molecule has 150 valence electrons. The van der Waals surface area contributed by atoms with E-state index < -0.39 is 0 Å². The van der Waals surface area contributed by atoms with Crippen molar-refractivity contribution in [3.05, 3.63) is 35.2 Å². The van der Waals surface area contributed by atoms with Gasteiger partial charge in [0.05, 0.1) is 11.8 Å². The fraction of sp³-hybridized carbons (Fsp3) is 0.500. The summed E-state index contributed by atoms with van der Waals surface area (Å²) in [5.74, 6) is 1.10. The number of thioether (sulfide) groups is 1. The normalized spacial score (nSPS) is 14.6. The zero-order valence-electron chi connectivity index (χ0n) is 16.8. The van der Waals surface area contributed by atoms with E-state index in [1.807, 2.05) is 39.0 Å². The number of hydrogen-bond donors (Lipinski definition) is 2. The summed E-state index contributed by atoms with van der Waals surface area (Å²) in [4.78, 5) is 24.7. The fourth-order valence-electron chi connectivity index (χ4n) is 3.05. The van der Waals surface area contributed by atoms with Crippen molar-refractivity contribution in [1.82, 2.24) is 20.1 Å². The lowest BCUT2D eigenvalue weighted by atomic mass is 10.1. The minimum atomic E-state index is -0.366. The molecule has 0 spiro atoms. The summed E-state index contributed by atoms with van der Waals surface area (Å²) in [6.07, 6.45) is 2.32. The smallest absolute Gasteiger partial charge is 0.243 e. The first-order chi connectivity index (χ1) is 13.4. The molecule has 1 aromatic heterocycles. The molecule has 2 aromatic rings. The van der Waals surface area contributed by atoms with Gasteiger partial charge in [-0.25, -0.2) is 0 Å². The molecule has 3 rings (SSSR count). The number of hydrogen-bond acceptors (Lipinski definition) is 5.